The Kier molecular flexibility index (Phi) is 12.7. The number of aryl methyl sites for hydroxylation is 1. The first-order valence-corrected chi connectivity index (χ1v) is 22.8. The molecule has 6 aliphatic rings. The van der Waals surface area contributed by atoms with Gasteiger partial charge in [-0.05, 0) is 136 Å². The number of nitrogens with zero attached hydrogens (tertiary/aromatic N) is 1. The summed E-state index contributed by atoms with van der Waals surface area (Å²) in [5, 5.41) is 4.62. The van der Waals surface area contributed by atoms with Crippen molar-refractivity contribution in [3.8, 4) is 0 Å². The van der Waals surface area contributed by atoms with Gasteiger partial charge in [0, 0.05) is 31.0 Å². The second-order valence-corrected chi connectivity index (χ2v) is 19.6. The largest absolute Gasteiger partial charge is 0.426 e. The van der Waals surface area contributed by atoms with E-state index in [0.29, 0.717) is 57.8 Å². The number of hydrogen-bond donors (Lipinski definition) is 3. The minimum atomic E-state index is -2.71. The minimum Gasteiger partial charge on any atom is -0.426 e. The van der Waals surface area contributed by atoms with Crippen LogP contribution in [0, 0.1) is 28.6 Å². The number of imide groups is 2. The van der Waals surface area contributed by atoms with Gasteiger partial charge in [-0.1, -0.05) is 13.8 Å². The molecule has 4 fully saturated rings. The average molecular weight is 919 g/mol. The number of halogens is 3. The van der Waals surface area contributed by atoms with Gasteiger partial charge in [0.25, 0.3) is 17.4 Å². The van der Waals surface area contributed by atoms with Crippen LogP contribution >= 0.6 is 0 Å². The Balaban J connectivity index is 0.000000135. The van der Waals surface area contributed by atoms with Crippen LogP contribution in [0.4, 0.5) is 13.2 Å². The summed E-state index contributed by atoms with van der Waals surface area (Å²) >= 11 is 0. The first-order chi connectivity index (χ1) is 31.2. The van der Waals surface area contributed by atoms with Gasteiger partial charge in [0.15, 0.2) is 6.17 Å². The third kappa shape index (κ3) is 10.4. The van der Waals surface area contributed by atoms with E-state index >= 15 is 0 Å². The lowest BCUT2D eigenvalue weighted by atomic mass is 9.86. The van der Waals surface area contributed by atoms with E-state index in [9.17, 15) is 51.5 Å². The first kappa shape index (κ1) is 46.6. The van der Waals surface area contributed by atoms with Gasteiger partial charge in [0.05, 0.1) is 24.0 Å². The molecule has 0 saturated heterocycles. The summed E-state index contributed by atoms with van der Waals surface area (Å²) in [6, 6.07) is 3.93. The van der Waals surface area contributed by atoms with Gasteiger partial charge in [-0.3, -0.25) is 34.6 Å². The topological polar surface area (TPSA) is 229 Å². The normalized spacial score (nSPS) is 22.1. The number of amides is 4. The number of nitrogens with one attached hydrogen (secondary N) is 3. The van der Waals surface area contributed by atoms with Crippen LogP contribution in [0.1, 0.15) is 159 Å². The van der Waals surface area contributed by atoms with Gasteiger partial charge in [-0.15, -0.1) is 0 Å². The monoisotopic (exact) mass is 918 g/mol. The number of fused-ring (bicyclic) bond motifs is 3. The lowest BCUT2D eigenvalue weighted by molar-refractivity contribution is -0.121. The van der Waals surface area contributed by atoms with Gasteiger partial charge < -0.3 is 18.2 Å². The molecule has 352 valence electrons. The molecule has 4 aliphatic carbocycles. The Hall–Kier alpha value is -5.94. The zero-order chi connectivity index (χ0) is 47.3. The average Bonchev–Trinajstić information content (AvgIpc) is 4.10. The zero-order valence-corrected chi connectivity index (χ0v) is 37.1. The van der Waals surface area contributed by atoms with Crippen LogP contribution < -0.4 is 33.1 Å². The number of carbonyl (C=O) groups excluding carboxylic acids is 4. The maximum absolute atomic E-state index is 13.3. The molecule has 4 saturated carbocycles. The van der Waals surface area contributed by atoms with Crippen LogP contribution in [0.3, 0.4) is 0 Å². The van der Waals surface area contributed by atoms with E-state index in [1.807, 2.05) is 0 Å². The van der Waals surface area contributed by atoms with Gasteiger partial charge in [-0.2, -0.15) is 4.98 Å². The van der Waals surface area contributed by atoms with E-state index < -0.39 is 58.2 Å². The third-order valence-corrected chi connectivity index (χ3v) is 14.4. The van der Waals surface area contributed by atoms with Crippen LogP contribution in [0.25, 0.3) is 11.1 Å². The summed E-state index contributed by atoms with van der Waals surface area (Å²) in [6.07, 6.45) is 10.7. The van der Waals surface area contributed by atoms with E-state index in [0.717, 1.165) is 37.3 Å². The van der Waals surface area contributed by atoms with E-state index in [2.05, 4.69) is 34.4 Å². The molecule has 6 heterocycles. The number of aromatic nitrogens is 2. The summed E-state index contributed by atoms with van der Waals surface area (Å²) in [6.45, 7) is 5.70. The van der Waals surface area contributed by atoms with Gasteiger partial charge in [0.2, 0.25) is 23.5 Å². The fraction of sp³-hybridized carbons (Fsp3) is 0.562. The van der Waals surface area contributed by atoms with Crippen molar-refractivity contribution in [2.45, 2.75) is 142 Å². The highest BCUT2D eigenvalue weighted by Gasteiger charge is 2.48. The molecular formula is C48H53F3N4O11. The second-order valence-electron chi connectivity index (χ2n) is 19.6. The number of aromatic amines is 1. The Morgan fingerprint density at radius 3 is 1.79 bits per heavy atom. The van der Waals surface area contributed by atoms with E-state index in [1.165, 1.54) is 57.6 Å². The van der Waals surface area contributed by atoms with Crippen LogP contribution in [0.2, 0.25) is 0 Å². The van der Waals surface area contributed by atoms with Gasteiger partial charge in [0.1, 0.15) is 22.7 Å². The maximum atomic E-state index is 13.3. The van der Waals surface area contributed by atoms with Crippen molar-refractivity contribution in [2.75, 3.05) is 0 Å². The molecule has 10 rings (SSSR count). The summed E-state index contributed by atoms with van der Waals surface area (Å²) in [7, 11) is 0. The highest BCUT2D eigenvalue weighted by molar-refractivity contribution is 6.10. The van der Waals surface area contributed by atoms with Crippen molar-refractivity contribution in [3.05, 3.63) is 105 Å². The van der Waals surface area contributed by atoms with Crippen molar-refractivity contribution in [1.29, 1.82) is 0 Å². The smallest absolute Gasteiger partial charge is 0.337 e. The molecule has 2 unspecified atom stereocenters. The molecule has 66 heavy (non-hydrogen) atoms. The molecule has 15 nitrogen and oxygen atoms in total. The molecule has 18 heteroatoms. The number of alkyl halides is 3. The summed E-state index contributed by atoms with van der Waals surface area (Å²) in [4.78, 5) is 100. The minimum absolute atomic E-state index is 0.0178. The quantitative estimate of drug-likeness (QED) is 0.142. The number of rotatable bonds is 10. The molecular weight excluding hydrogens is 866 g/mol. The van der Waals surface area contributed by atoms with Crippen LogP contribution in [-0.2, 0) is 41.7 Å². The standard InChI is InChI=1S/C17H21NO4.C16H17NO4.C15H15F3N2O3/c1-10(2)17(6-7-17)5-3-4-11-8-14(20)22-12-9-13(19)18-16(21)15(11)12;18-12-7-11-14(15(20)17-12)10(6-13(19)21-11)5-9-1-2-16(8-9)3-4-16;1-7(16)12-19-13(22)11-9(5-10(21)23-14(11)20-12)4-8-2-3-15(17,18)6-8/h8,10H,3-7,9H2,1-2H3,(H,18,19,21);6,9H,1-5,7-8H2,(H,17,18,20);5,7-8H,2-4,6H2,1H3,(H,19,20,22)/t;;7?,8-/m..0/s1. The van der Waals surface area contributed by atoms with Gasteiger partial charge in [-0.25, -0.2) is 27.6 Å². The molecule has 4 amide bonds. The predicted molar refractivity (Wildman–Crippen MR) is 231 cm³/mol. The zero-order valence-electron chi connectivity index (χ0n) is 37.1. The molecule has 1 spiro atoms. The lowest BCUT2D eigenvalue weighted by Gasteiger charge is -2.20. The van der Waals surface area contributed by atoms with Crippen molar-refractivity contribution in [1.82, 2.24) is 20.6 Å². The molecule has 3 N–H and O–H groups in total. The highest BCUT2D eigenvalue weighted by atomic mass is 19.3. The molecule has 0 bridgehead atoms. The highest BCUT2D eigenvalue weighted by Crippen LogP contribution is 2.60. The summed E-state index contributed by atoms with van der Waals surface area (Å²) in [5.74, 6) is -3.35. The van der Waals surface area contributed by atoms with E-state index in [1.54, 1.807) is 0 Å². The molecule has 4 aromatic rings. The van der Waals surface area contributed by atoms with Crippen molar-refractivity contribution in [3.63, 3.8) is 0 Å². The lowest BCUT2D eigenvalue weighted by Crippen LogP contribution is -2.39. The summed E-state index contributed by atoms with van der Waals surface area (Å²) in [5.41, 5.74) is 0.980. The van der Waals surface area contributed by atoms with Crippen molar-refractivity contribution < 1.29 is 45.6 Å². The van der Waals surface area contributed by atoms with E-state index in [-0.39, 0.29) is 66.5 Å². The third-order valence-electron chi connectivity index (χ3n) is 14.4. The molecule has 3 atom stereocenters. The van der Waals surface area contributed by atoms with Crippen LogP contribution in [0.5, 0.6) is 0 Å². The fourth-order valence-corrected chi connectivity index (χ4v) is 10.5. The molecule has 4 aromatic heterocycles. The van der Waals surface area contributed by atoms with Crippen LogP contribution in [0.15, 0.2) is 50.6 Å². The Bertz CT molecular complexity index is 2850. The predicted octanol–water partition coefficient (Wildman–Crippen LogP) is 6.67. The van der Waals surface area contributed by atoms with Gasteiger partial charge >= 0.3 is 16.9 Å². The molecule has 0 radical (unpaired) electrons. The SMILES string of the molecule is CC(C)C1(CCCc2cc(=O)oc3c2C(=O)NC(=O)C3)CC1.CC(F)c1nc2oc(=O)cc(C[C@@H]3CCC(F)(F)C3)c2c(=O)[nH]1.O=C1Cc2oc(=O)cc(CC3CCC4(CC4)C3)c2C(=O)N1. The maximum Gasteiger partial charge on any atom is 0.337 e. The van der Waals surface area contributed by atoms with E-state index in [4.69, 9.17) is 13.3 Å². The van der Waals surface area contributed by atoms with Crippen LogP contribution in [-0.4, -0.2) is 39.5 Å². The summed E-state index contributed by atoms with van der Waals surface area (Å²) < 4.78 is 54.9. The first-order valence-electron chi connectivity index (χ1n) is 22.8. The Morgan fingerprint density at radius 2 is 1.24 bits per heavy atom. The Morgan fingerprint density at radius 1 is 0.697 bits per heavy atom. The number of carbonyl (C=O) groups is 4. The molecule has 2 aliphatic heterocycles. The van der Waals surface area contributed by atoms with Crippen molar-refractivity contribution in [2.24, 2.45) is 28.6 Å². The Labute approximate surface area is 375 Å². The number of H-pyrrole nitrogens is 1. The molecule has 0 aromatic carbocycles. The second kappa shape index (κ2) is 18.0. The fourth-order valence-electron chi connectivity index (χ4n) is 10.5. The van der Waals surface area contributed by atoms with Crippen molar-refractivity contribution >= 4 is 34.7 Å². The number of hydrogen-bond acceptors (Lipinski definition) is 12.